The van der Waals surface area contributed by atoms with Crippen LogP contribution in [0.2, 0.25) is 0 Å². The highest BCUT2D eigenvalue weighted by atomic mass is 32.2. The third kappa shape index (κ3) is 2.95. The van der Waals surface area contributed by atoms with Crippen LogP contribution in [0.5, 0.6) is 0 Å². The molecule has 1 aromatic rings. The molecule has 3 atom stereocenters. The highest BCUT2D eigenvalue weighted by Gasteiger charge is 2.50. The monoisotopic (exact) mass is 338 g/mol. The predicted octanol–water partition coefficient (Wildman–Crippen LogP) is 0.860. The summed E-state index contributed by atoms with van der Waals surface area (Å²) in [6, 6.07) is 1.78. The van der Waals surface area contributed by atoms with Gasteiger partial charge >= 0.3 is 0 Å². The standard InChI is InChI=1S/C15H22N4O3S/c20-23(21,12-3-4-12)19-8-9-22-14-11(2-5-13(14)19)10-18-15-16-6-1-7-17-15/h1,6-7,11-14H,2-5,8-10H2,(H,16,17,18)/t11-,13+,14-/m1/s1. The number of morpholine rings is 1. The Morgan fingerprint density at radius 1 is 1.22 bits per heavy atom. The molecule has 0 bridgehead atoms. The van der Waals surface area contributed by atoms with Gasteiger partial charge in [0.05, 0.1) is 24.0 Å². The summed E-state index contributed by atoms with van der Waals surface area (Å²) < 4.78 is 32.9. The second kappa shape index (κ2) is 5.99. The summed E-state index contributed by atoms with van der Waals surface area (Å²) in [5.74, 6) is 0.898. The first-order valence-corrected chi connectivity index (χ1v) is 9.80. The van der Waals surface area contributed by atoms with Gasteiger partial charge < -0.3 is 10.1 Å². The highest BCUT2D eigenvalue weighted by molar-refractivity contribution is 7.90. The van der Waals surface area contributed by atoms with Gasteiger partial charge in [0.1, 0.15) is 0 Å². The number of nitrogens with one attached hydrogen (secondary N) is 1. The van der Waals surface area contributed by atoms with Gasteiger partial charge in [-0.05, 0) is 31.7 Å². The lowest BCUT2D eigenvalue weighted by Crippen LogP contribution is -2.53. The van der Waals surface area contributed by atoms with Crippen molar-refractivity contribution < 1.29 is 13.2 Å². The average molecular weight is 338 g/mol. The zero-order valence-electron chi connectivity index (χ0n) is 13.0. The third-order valence-corrected chi connectivity index (χ3v) is 7.45. The maximum absolute atomic E-state index is 12.6. The minimum absolute atomic E-state index is 0.00200. The number of anilines is 1. The van der Waals surface area contributed by atoms with E-state index in [1.165, 1.54) is 0 Å². The van der Waals surface area contributed by atoms with Crippen molar-refractivity contribution in [3.8, 4) is 0 Å². The van der Waals surface area contributed by atoms with Crippen LogP contribution >= 0.6 is 0 Å². The molecule has 0 radical (unpaired) electrons. The molecule has 2 aliphatic carbocycles. The summed E-state index contributed by atoms with van der Waals surface area (Å²) in [4.78, 5) is 8.32. The van der Waals surface area contributed by atoms with Gasteiger partial charge in [-0.1, -0.05) is 0 Å². The number of hydrogen-bond acceptors (Lipinski definition) is 6. The smallest absolute Gasteiger partial charge is 0.222 e. The first kappa shape index (κ1) is 15.3. The van der Waals surface area contributed by atoms with Gasteiger partial charge in [-0.3, -0.25) is 0 Å². The Kier molecular flexibility index (Phi) is 3.98. The van der Waals surface area contributed by atoms with Gasteiger partial charge in [-0.2, -0.15) is 4.31 Å². The Labute approximate surface area is 136 Å². The molecule has 7 nitrogen and oxygen atoms in total. The number of nitrogens with zero attached hydrogens (tertiary/aromatic N) is 3. The quantitative estimate of drug-likeness (QED) is 0.857. The molecule has 1 aromatic heterocycles. The van der Waals surface area contributed by atoms with Crippen LogP contribution in [0.3, 0.4) is 0 Å². The van der Waals surface area contributed by atoms with E-state index in [9.17, 15) is 8.42 Å². The van der Waals surface area contributed by atoms with E-state index >= 15 is 0 Å². The van der Waals surface area contributed by atoms with Gasteiger partial charge in [-0.25, -0.2) is 18.4 Å². The summed E-state index contributed by atoms with van der Waals surface area (Å²) in [5, 5.41) is 3.10. The van der Waals surface area contributed by atoms with Crippen LogP contribution in [0.4, 0.5) is 5.95 Å². The second-order valence-corrected chi connectivity index (χ2v) is 8.71. The summed E-state index contributed by atoms with van der Waals surface area (Å²) >= 11 is 0. The fraction of sp³-hybridized carbons (Fsp3) is 0.733. The van der Waals surface area contributed by atoms with Crippen molar-refractivity contribution in [1.82, 2.24) is 14.3 Å². The van der Waals surface area contributed by atoms with Crippen LogP contribution in [0.1, 0.15) is 25.7 Å². The van der Waals surface area contributed by atoms with Crippen LogP contribution < -0.4 is 5.32 Å². The lowest BCUT2D eigenvalue weighted by Gasteiger charge is -2.38. The number of aromatic nitrogens is 2. The summed E-state index contributed by atoms with van der Waals surface area (Å²) in [5.41, 5.74) is 0. The molecule has 23 heavy (non-hydrogen) atoms. The molecule has 8 heteroatoms. The molecule has 1 N–H and O–H groups in total. The van der Waals surface area contributed by atoms with E-state index in [-0.39, 0.29) is 17.4 Å². The molecule has 0 amide bonds. The minimum Gasteiger partial charge on any atom is -0.375 e. The summed E-state index contributed by atoms with van der Waals surface area (Å²) in [7, 11) is -3.13. The Balaban J connectivity index is 1.43. The van der Waals surface area contributed by atoms with E-state index in [2.05, 4.69) is 15.3 Å². The van der Waals surface area contributed by atoms with E-state index in [0.29, 0.717) is 31.6 Å². The van der Waals surface area contributed by atoms with Crippen LogP contribution in [0.25, 0.3) is 0 Å². The van der Waals surface area contributed by atoms with Gasteiger partial charge in [-0.15, -0.1) is 0 Å². The number of sulfonamides is 1. The second-order valence-electron chi connectivity index (χ2n) is 6.55. The number of rotatable bonds is 5. The van der Waals surface area contributed by atoms with Crippen molar-refractivity contribution in [3.05, 3.63) is 18.5 Å². The largest absolute Gasteiger partial charge is 0.375 e. The fourth-order valence-corrected chi connectivity index (χ4v) is 5.78. The minimum atomic E-state index is -3.13. The van der Waals surface area contributed by atoms with E-state index < -0.39 is 10.0 Å². The molecular weight excluding hydrogens is 316 g/mol. The molecule has 3 fully saturated rings. The Morgan fingerprint density at radius 2 is 2.00 bits per heavy atom. The molecule has 3 aliphatic rings. The Morgan fingerprint density at radius 3 is 2.74 bits per heavy atom. The van der Waals surface area contributed by atoms with Crippen molar-refractivity contribution in [2.45, 2.75) is 43.1 Å². The Hall–Kier alpha value is -1.25. The van der Waals surface area contributed by atoms with Gasteiger partial charge in [0.2, 0.25) is 16.0 Å². The molecule has 2 heterocycles. The average Bonchev–Trinajstić information content (AvgIpc) is 3.35. The summed E-state index contributed by atoms with van der Waals surface area (Å²) in [6.45, 7) is 1.70. The Bertz CT molecular complexity index is 650. The number of fused-ring (bicyclic) bond motifs is 1. The van der Waals surface area contributed by atoms with Gasteiger partial charge in [0.25, 0.3) is 0 Å². The van der Waals surface area contributed by atoms with Gasteiger partial charge in [0.15, 0.2) is 0 Å². The molecule has 4 rings (SSSR count). The van der Waals surface area contributed by atoms with E-state index in [4.69, 9.17) is 4.74 Å². The van der Waals surface area contributed by atoms with Crippen LogP contribution in [0, 0.1) is 5.92 Å². The maximum atomic E-state index is 12.6. The lowest BCUT2D eigenvalue weighted by atomic mass is 10.0. The van der Waals surface area contributed by atoms with E-state index in [1.54, 1.807) is 22.8 Å². The van der Waals surface area contributed by atoms with E-state index in [1.807, 2.05) is 0 Å². The van der Waals surface area contributed by atoms with Crippen molar-refractivity contribution in [2.75, 3.05) is 25.0 Å². The van der Waals surface area contributed by atoms with Crippen LogP contribution in [-0.2, 0) is 14.8 Å². The van der Waals surface area contributed by atoms with Crippen molar-refractivity contribution in [1.29, 1.82) is 0 Å². The molecule has 126 valence electrons. The first-order valence-electron chi connectivity index (χ1n) is 8.29. The molecular formula is C15H22N4O3S. The van der Waals surface area contributed by atoms with Gasteiger partial charge in [0, 0.05) is 31.4 Å². The van der Waals surface area contributed by atoms with Crippen molar-refractivity contribution >= 4 is 16.0 Å². The van der Waals surface area contributed by atoms with E-state index in [0.717, 1.165) is 25.7 Å². The molecule has 1 aliphatic heterocycles. The molecule has 0 unspecified atom stereocenters. The SMILES string of the molecule is O=S(=O)(C1CC1)N1CCO[C@@H]2[C@@H](CNc3ncccn3)CC[C@@H]21. The normalized spacial score (nSPS) is 31.7. The molecule has 1 saturated heterocycles. The third-order valence-electron chi connectivity index (χ3n) is 5.03. The van der Waals surface area contributed by atoms with Crippen LogP contribution in [-0.4, -0.2) is 59.8 Å². The fourth-order valence-electron chi connectivity index (χ4n) is 3.73. The molecule has 0 spiro atoms. The maximum Gasteiger partial charge on any atom is 0.222 e. The van der Waals surface area contributed by atoms with Crippen molar-refractivity contribution in [2.24, 2.45) is 5.92 Å². The zero-order valence-corrected chi connectivity index (χ0v) is 13.8. The molecule has 0 aromatic carbocycles. The highest BCUT2D eigenvalue weighted by Crippen LogP contribution is 2.40. The zero-order chi connectivity index (χ0) is 15.9. The number of ether oxygens (including phenoxy) is 1. The van der Waals surface area contributed by atoms with Crippen molar-refractivity contribution in [3.63, 3.8) is 0 Å². The topological polar surface area (TPSA) is 84.4 Å². The molecule has 2 saturated carbocycles. The predicted molar refractivity (Wildman–Crippen MR) is 85.4 cm³/mol. The van der Waals surface area contributed by atoms with Crippen LogP contribution in [0.15, 0.2) is 18.5 Å². The lowest BCUT2D eigenvalue weighted by molar-refractivity contribution is -0.0434. The number of hydrogen-bond donors (Lipinski definition) is 1. The summed E-state index contributed by atoms with van der Waals surface area (Å²) in [6.07, 6.45) is 6.85. The first-order chi connectivity index (χ1) is 11.2.